The number of anilines is 1. The number of amides is 3. The number of aromatic nitrogens is 1. The van der Waals surface area contributed by atoms with E-state index in [1.807, 2.05) is 0 Å². The zero-order chi connectivity index (χ0) is 27.5. The molecule has 7 nitrogen and oxygen atoms in total. The first-order chi connectivity index (χ1) is 18.8. The first-order valence-corrected chi connectivity index (χ1v) is 12.3. The highest BCUT2D eigenvalue weighted by atomic mass is 19.1. The lowest BCUT2D eigenvalue weighted by molar-refractivity contribution is -0.125. The molecule has 2 heterocycles. The third-order valence-electron chi connectivity index (χ3n) is 6.62. The van der Waals surface area contributed by atoms with Gasteiger partial charge in [0.25, 0.3) is 0 Å². The summed E-state index contributed by atoms with van der Waals surface area (Å²) in [6, 6.07) is 19.6. The summed E-state index contributed by atoms with van der Waals surface area (Å²) in [7, 11) is 0. The number of carbonyl (C=O) groups excluding carboxylic acids is 3. The number of hydrogen-bond acceptors (Lipinski definition) is 4. The summed E-state index contributed by atoms with van der Waals surface area (Å²) in [5.74, 6) is -3.48. The molecule has 2 atom stereocenters. The Hall–Kier alpha value is -4.92. The molecule has 0 radical (unpaired) electrons. The summed E-state index contributed by atoms with van der Waals surface area (Å²) < 4.78 is 28.1. The fourth-order valence-corrected chi connectivity index (χ4v) is 4.88. The number of benzene rings is 3. The molecule has 5 rings (SSSR count). The van der Waals surface area contributed by atoms with E-state index in [0.717, 1.165) is 11.6 Å². The lowest BCUT2D eigenvalue weighted by Gasteiger charge is -2.22. The maximum atomic E-state index is 14.0. The predicted molar refractivity (Wildman–Crippen MR) is 142 cm³/mol. The number of nitrogens with zero attached hydrogens (tertiary/aromatic N) is 1. The van der Waals surface area contributed by atoms with Crippen LogP contribution in [0.1, 0.15) is 45.6 Å². The van der Waals surface area contributed by atoms with Crippen molar-refractivity contribution in [1.82, 2.24) is 10.3 Å². The Kier molecular flexibility index (Phi) is 7.14. The van der Waals surface area contributed by atoms with Crippen LogP contribution in [0.3, 0.4) is 0 Å². The minimum absolute atomic E-state index is 0.0212. The Morgan fingerprint density at radius 1 is 0.974 bits per heavy atom. The maximum Gasteiger partial charge on any atom is 0.248 e. The van der Waals surface area contributed by atoms with Gasteiger partial charge in [0.2, 0.25) is 17.7 Å². The summed E-state index contributed by atoms with van der Waals surface area (Å²) >= 11 is 0. The van der Waals surface area contributed by atoms with E-state index in [2.05, 4.69) is 15.6 Å². The van der Waals surface area contributed by atoms with Crippen molar-refractivity contribution in [2.24, 2.45) is 5.73 Å². The van der Waals surface area contributed by atoms with Gasteiger partial charge >= 0.3 is 0 Å². The lowest BCUT2D eigenvalue weighted by atomic mass is 9.93. The number of halogens is 2. The Morgan fingerprint density at radius 3 is 2.51 bits per heavy atom. The highest BCUT2D eigenvalue weighted by Gasteiger charge is 2.33. The fourth-order valence-electron chi connectivity index (χ4n) is 4.88. The quantitative estimate of drug-likeness (QED) is 0.310. The van der Waals surface area contributed by atoms with Gasteiger partial charge in [-0.05, 0) is 59.5 Å². The van der Waals surface area contributed by atoms with Gasteiger partial charge in [0.05, 0.1) is 17.7 Å². The fraction of sp³-hybridized carbons (Fsp3) is 0.133. The average molecular weight is 527 g/mol. The summed E-state index contributed by atoms with van der Waals surface area (Å²) in [5.41, 5.74) is 9.11. The second-order valence-corrected chi connectivity index (χ2v) is 9.32. The van der Waals surface area contributed by atoms with Crippen LogP contribution in [0.2, 0.25) is 0 Å². The first kappa shape index (κ1) is 25.7. The van der Waals surface area contributed by atoms with Crippen LogP contribution in [0.25, 0.3) is 11.1 Å². The van der Waals surface area contributed by atoms with Crippen LogP contribution in [-0.2, 0) is 16.0 Å². The van der Waals surface area contributed by atoms with E-state index in [4.69, 9.17) is 5.73 Å². The van der Waals surface area contributed by atoms with Crippen LogP contribution >= 0.6 is 0 Å². The van der Waals surface area contributed by atoms with Crippen LogP contribution in [0.5, 0.6) is 0 Å². The van der Waals surface area contributed by atoms with E-state index < -0.39 is 35.4 Å². The molecule has 0 saturated heterocycles. The van der Waals surface area contributed by atoms with Crippen LogP contribution < -0.4 is 16.4 Å². The third-order valence-corrected chi connectivity index (χ3v) is 6.62. The van der Waals surface area contributed by atoms with Crippen LogP contribution in [0, 0.1) is 11.6 Å². The van der Waals surface area contributed by atoms with E-state index in [9.17, 15) is 23.2 Å². The summed E-state index contributed by atoms with van der Waals surface area (Å²) in [6.07, 6.45) is 1.44. The zero-order valence-corrected chi connectivity index (χ0v) is 20.7. The molecule has 0 fully saturated rings. The van der Waals surface area contributed by atoms with Crippen LogP contribution in [0.4, 0.5) is 14.5 Å². The minimum atomic E-state index is -0.813. The molecule has 3 aromatic carbocycles. The molecule has 39 heavy (non-hydrogen) atoms. The minimum Gasteiger partial charge on any atom is -0.366 e. The van der Waals surface area contributed by atoms with Gasteiger partial charge in [-0.1, -0.05) is 36.4 Å². The molecule has 3 amide bonds. The Bertz CT molecular complexity index is 1570. The smallest absolute Gasteiger partial charge is 0.248 e. The van der Waals surface area contributed by atoms with E-state index in [0.29, 0.717) is 33.6 Å². The Balaban J connectivity index is 1.50. The number of fused-ring (bicyclic) bond motifs is 1. The molecule has 0 saturated carbocycles. The number of pyridine rings is 1. The van der Waals surface area contributed by atoms with Crippen molar-refractivity contribution >= 4 is 23.4 Å². The maximum absolute atomic E-state index is 14.0. The SMILES string of the molecule is NC(=O)c1cccc(-c2cccnc2[C@H](Cc2cc(F)cc(F)c2)NC(=O)C[C@H]2C(=O)Nc3ccccc32)c1. The highest BCUT2D eigenvalue weighted by Crippen LogP contribution is 2.35. The van der Waals surface area contributed by atoms with Gasteiger partial charge < -0.3 is 16.4 Å². The van der Waals surface area contributed by atoms with E-state index in [-0.39, 0.29) is 18.7 Å². The number of para-hydroxylation sites is 1. The normalized spacial score (nSPS) is 14.8. The average Bonchev–Trinajstić information content (AvgIpc) is 3.22. The summed E-state index contributed by atoms with van der Waals surface area (Å²) in [4.78, 5) is 42.2. The lowest BCUT2D eigenvalue weighted by Crippen LogP contribution is -2.33. The zero-order valence-electron chi connectivity index (χ0n) is 20.7. The van der Waals surface area contributed by atoms with Gasteiger partial charge in [-0.25, -0.2) is 8.78 Å². The van der Waals surface area contributed by atoms with Crippen LogP contribution in [0.15, 0.2) is 85.1 Å². The summed E-state index contributed by atoms with van der Waals surface area (Å²) in [6.45, 7) is 0. The second-order valence-electron chi connectivity index (χ2n) is 9.32. The van der Waals surface area contributed by atoms with E-state index in [1.165, 1.54) is 12.1 Å². The molecule has 9 heteroatoms. The summed E-state index contributed by atoms with van der Waals surface area (Å²) in [5, 5.41) is 5.71. The molecular formula is C30H24F2N4O3. The molecule has 1 aromatic heterocycles. The van der Waals surface area contributed by atoms with E-state index >= 15 is 0 Å². The van der Waals surface area contributed by atoms with Crippen LogP contribution in [-0.4, -0.2) is 22.7 Å². The van der Waals surface area contributed by atoms with Crippen molar-refractivity contribution in [1.29, 1.82) is 0 Å². The third kappa shape index (κ3) is 5.67. The van der Waals surface area contributed by atoms with Gasteiger partial charge in [-0.3, -0.25) is 19.4 Å². The Labute approximate surface area is 223 Å². The largest absolute Gasteiger partial charge is 0.366 e. The van der Waals surface area contributed by atoms with Crippen molar-refractivity contribution in [2.45, 2.75) is 24.8 Å². The van der Waals surface area contributed by atoms with Crippen molar-refractivity contribution in [2.75, 3.05) is 5.32 Å². The number of hydrogen-bond donors (Lipinski definition) is 3. The second kappa shape index (κ2) is 10.8. The monoisotopic (exact) mass is 526 g/mol. The molecule has 1 aliphatic rings. The topological polar surface area (TPSA) is 114 Å². The van der Waals surface area contributed by atoms with Gasteiger partial charge in [0, 0.05) is 35.5 Å². The first-order valence-electron chi connectivity index (χ1n) is 12.3. The van der Waals surface area contributed by atoms with Gasteiger partial charge in [-0.15, -0.1) is 0 Å². The molecule has 0 unspecified atom stereocenters. The Morgan fingerprint density at radius 2 is 1.74 bits per heavy atom. The van der Waals surface area contributed by atoms with Gasteiger partial charge in [0.15, 0.2) is 0 Å². The van der Waals surface area contributed by atoms with Crippen molar-refractivity contribution in [3.05, 3.63) is 119 Å². The number of nitrogens with two attached hydrogens (primary N) is 1. The van der Waals surface area contributed by atoms with Crippen molar-refractivity contribution in [3.63, 3.8) is 0 Å². The highest BCUT2D eigenvalue weighted by molar-refractivity contribution is 6.05. The molecule has 4 aromatic rings. The van der Waals surface area contributed by atoms with Crippen molar-refractivity contribution < 1.29 is 23.2 Å². The van der Waals surface area contributed by atoms with E-state index in [1.54, 1.807) is 66.9 Å². The van der Waals surface area contributed by atoms with Gasteiger partial charge in [-0.2, -0.15) is 0 Å². The number of rotatable bonds is 8. The predicted octanol–water partition coefficient (Wildman–Crippen LogP) is 4.65. The molecule has 0 bridgehead atoms. The molecule has 1 aliphatic heterocycles. The molecule has 0 aliphatic carbocycles. The molecule has 4 N–H and O–H groups in total. The number of nitrogens with one attached hydrogen (secondary N) is 2. The molecule has 0 spiro atoms. The van der Waals surface area contributed by atoms with Crippen molar-refractivity contribution in [3.8, 4) is 11.1 Å². The number of primary amides is 1. The standard InChI is InChI=1S/C30H24F2N4O3/c31-20-11-17(12-21(32)15-20)13-26(35-27(37)16-24-23-7-1-2-9-25(23)36-30(24)39)28-22(8-4-10-34-28)18-5-3-6-19(14-18)29(33)38/h1-12,14-15,24,26H,13,16H2,(H2,33,38)(H,35,37)(H,36,39)/t24-,26+/m1/s1. The molecular weight excluding hydrogens is 502 g/mol. The van der Waals surface area contributed by atoms with Gasteiger partial charge in [0.1, 0.15) is 11.6 Å². The number of carbonyl (C=O) groups is 3. The molecule has 196 valence electrons.